The third-order valence-corrected chi connectivity index (χ3v) is 5.16. The smallest absolute Gasteiger partial charge is 0.251 e. The van der Waals surface area contributed by atoms with Crippen molar-refractivity contribution < 1.29 is 4.79 Å². The molecule has 0 aliphatic heterocycles. The molecule has 1 aromatic carbocycles. The van der Waals surface area contributed by atoms with Gasteiger partial charge in [0.25, 0.3) is 5.91 Å². The van der Waals surface area contributed by atoms with Crippen molar-refractivity contribution in [1.82, 2.24) is 5.32 Å². The molecule has 1 fully saturated rings. The second-order valence-corrected chi connectivity index (χ2v) is 6.42. The molecule has 0 radical (unpaired) electrons. The molecule has 0 spiro atoms. The van der Waals surface area contributed by atoms with Crippen LogP contribution in [0.15, 0.2) is 24.3 Å². The third-order valence-electron chi connectivity index (χ3n) is 3.71. The van der Waals surface area contributed by atoms with Gasteiger partial charge in [-0.2, -0.15) is 11.8 Å². The lowest BCUT2D eigenvalue weighted by atomic mass is 9.94. The Morgan fingerprint density at radius 1 is 1.26 bits per heavy atom. The summed E-state index contributed by atoms with van der Waals surface area (Å²) in [5.74, 6) is 0.523. The average molecular weight is 298 g/mol. The van der Waals surface area contributed by atoms with Crippen LogP contribution in [0.2, 0.25) is 0 Å². The Hall–Kier alpha value is -0.670. The summed E-state index contributed by atoms with van der Waals surface area (Å²) in [6.45, 7) is 0. The largest absolute Gasteiger partial charge is 0.349 e. The van der Waals surface area contributed by atoms with Crippen LogP contribution in [0.3, 0.4) is 0 Å². The van der Waals surface area contributed by atoms with E-state index in [2.05, 4.69) is 11.6 Å². The van der Waals surface area contributed by atoms with Crippen molar-refractivity contribution in [2.24, 2.45) is 0 Å². The van der Waals surface area contributed by atoms with Gasteiger partial charge in [0.1, 0.15) is 0 Å². The fourth-order valence-corrected chi connectivity index (χ4v) is 3.38. The molecule has 1 aromatic rings. The van der Waals surface area contributed by atoms with Gasteiger partial charge in [0.15, 0.2) is 0 Å². The van der Waals surface area contributed by atoms with Crippen LogP contribution in [0.5, 0.6) is 0 Å². The number of hydrogen-bond acceptors (Lipinski definition) is 2. The topological polar surface area (TPSA) is 29.1 Å². The molecular formula is C15H20ClNOS. The Labute approximate surface area is 124 Å². The molecule has 1 aliphatic rings. The first kappa shape index (κ1) is 14.7. The number of rotatable bonds is 4. The molecule has 0 unspecified atom stereocenters. The lowest BCUT2D eigenvalue weighted by molar-refractivity contribution is 0.0928. The normalized spacial score (nSPS) is 23.1. The molecule has 19 heavy (non-hydrogen) atoms. The van der Waals surface area contributed by atoms with E-state index < -0.39 is 0 Å². The average Bonchev–Trinajstić information content (AvgIpc) is 2.48. The molecule has 104 valence electrons. The molecule has 0 aromatic heterocycles. The maximum Gasteiger partial charge on any atom is 0.251 e. The van der Waals surface area contributed by atoms with Crippen molar-refractivity contribution in [3.8, 4) is 0 Å². The molecule has 4 heteroatoms. The summed E-state index contributed by atoms with van der Waals surface area (Å²) in [5, 5.41) is 3.91. The quantitative estimate of drug-likeness (QED) is 0.856. The van der Waals surface area contributed by atoms with Crippen molar-refractivity contribution in [2.45, 2.75) is 42.9 Å². The number of carbonyl (C=O) groups is 1. The van der Waals surface area contributed by atoms with E-state index in [-0.39, 0.29) is 5.91 Å². The van der Waals surface area contributed by atoms with Crippen LogP contribution in [0.25, 0.3) is 0 Å². The van der Waals surface area contributed by atoms with E-state index in [1.54, 1.807) is 0 Å². The summed E-state index contributed by atoms with van der Waals surface area (Å²) in [4.78, 5) is 12.1. The Bertz CT molecular complexity index is 413. The van der Waals surface area contributed by atoms with Gasteiger partial charge in [0.05, 0.1) is 0 Å². The Kier molecular flexibility index (Phi) is 5.59. The fourth-order valence-electron chi connectivity index (χ4n) is 2.46. The first-order valence-electron chi connectivity index (χ1n) is 6.71. The van der Waals surface area contributed by atoms with E-state index in [0.29, 0.717) is 11.9 Å². The molecule has 1 amide bonds. The zero-order valence-corrected chi connectivity index (χ0v) is 12.8. The summed E-state index contributed by atoms with van der Waals surface area (Å²) in [6, 6.07) is 7.85. The third kappa shape index (κ3) is 4.15. The highest BCUT2D eigenvalue weighted by molar-refractivity contribution is 7.99. The molecule has 0 heterocycles. The number of halogens is 1. The molecule has 0 bridgehead atoms. The number of alkyl halides is 1. The van der Waals surface area contributed by atoms with E-state index in [4.69, 9.17) is 11.6 Å². The summed E-state index contributed by atoms with van der Waals surface area (Å²) in [6.07, 6.45) is 6.77. The van der Waals surface area contributed by atoms with Crippen molar-refractivity contribution in [3.05, 3.63) is 35.4 Å². The highest BCUT2D eigenvalue weighted by atomic mass is 35.5. The molecule has 2 nitrogen and oxygen atoms in total. The highest BCUT2D eigenvalue weighted by Crippen LogP contribution is 2.26. The molecule has 0 saturated heterocycles. The number of benzene rings is 1. The van der Waals surface area contributed by atoms with Crippen molar-refractivity contribution in [3.63, 3.8) is 0 Å². The molecule has 2 rings (SSSR count). The van der Waals surface area contributed by atoms with Crippen LogP contribution in [-0.4, -0.2) is 23.5 Å². The minimum absolute atomic E-state index is 0.0359. The Morgan fingerprint density at radius 3 is 2.42 bits per heavy atom. The number of carbonyl (C=O) groups excluding carboxylic acids is 1. The lowest BCUT2D eigenvalue weighted by Crippen LogP contribution is -2.38. The maximum atomic E-state index is 12.1. The molecule has 0 atom stereocenters. The van der Waals surface area contributed by atoms with Gasteiger partial charge in [-0.1, -0.05) is 12.1 Å². The van der Waals surface area contributed by atoms with Gasteiger partial charge in [-0.25, -0.2) is 0 Å². The predicted octanol–water partition coefficient (Wildman–Crippen LogP) is 3.83. The van der Waals surface area contributed by atoms with Gasteiger partial charge in [-0.05, 0) is 49.6 Å². The van der Waals surface area contributed by atoms with E-state index in [1.165, 1.54) is 12.8 Å². The Balaban J connectivity index is 1.87. The van der Waals surface area contributed by atoms with E-state index in [0.717, 1.165) is 29.2 Å². The van der Waals surface area contributed by atoms with E-state index in [1.807, 2.05) is 36.0 Å². The fraction of sp³-hybridized carbons (Fsp3) is 0.533. The van der Waals surface area contributed by atoms with Gasteiger partial charge >= 0.3 is 0 Å². The molecule has 1 N–H and O–H groups in total. The Morgan fingerprint density at radius 2 is 1.89 bits per heavy atom. The first-order chi connectivity index (χ1) is 9.22. The van der Waals surface area contributed by atoms with Crippen LogP contribution in [0.1, 0.15) is 41.6 Å². The highest BCUT2D eigenvalue weighted by Gasteiger charge is 2.21. The van der Waals surface area contributed by atoms with E-state index in [9.17, 15) is 4.79 Å². The van der Waals surface area contributed by atoms with Crippen LogP contribution >= 0.6 is 23.4 Å². The minimum atomic E-state index is 0.0359. The molecule has 1 aliphatic carbocycles. The van der Waals surface area contributed by atoms with Crippen molar-refractivity contribution >= 4 is 29.3 Å². The summed E-state index contributed by atoms with van der Waals surface area (Å²) >= 11 is 7.68. The van der Waals surface area contributed by atoms with Crippen molar-refractivity contribution in [2.75, 3.05) is 6.26 Å². The van der Waals surface area contributed by atoms with Crippen LogP contribution in [-0.2, 0) is 5.88 Å². The zero-order valence-electron chi connectivity index (χ0n) is 11.2. The first-order valence-corrected chi connectivity index (χ1v) is 8.53. The monoisotopic (exact) mass is 297 g/mol. The van der Waals surface area contributed by atoms with Crippen molar-refractivity contribution in [1.29, 1.82) is 0 Å². The lowest BCUT2D eigenvalue weighted by Gasteiger charge is -2.28. The number of amides is 1. The van der Waals surface area contributed by atoms with Gasteiger partial charge in [0, 0.05) is 22.7 Å². The zero-order chi connectivity index (χ0) is 13.7. The van der Waals surface area contributed by atoms with Gasteiger partial charge in [-0.15, -0.1) is 11.6 Å². The maximum absolute atomic E-state index is 12.1. The van der Waals surface area contributed by atoms with Gasteiger partial charge < -0.3 is 5.32 Å². The molecular weight excluding hydrogens is 278 g/mol. The molecule has 1 saturated carbocycles. The second kappa shape index (κ2) is 7.20. The van der Waals surface area contributed by atoms with Crippen LogP contribution in [0, 0.1) is 0 Å². The van der Waals surface area contributed by atoms with Gasteiger partial charge in [0.2, 0.25) is 0 Å². The van der Waals surface area contributed by atoms with Gasteiger partial charge in [-0.3, -0.25) is 4.79 Å². The van der Waals surface area contributed by atoms with Crippen LogP contribution in [0.4, 0.5) is 0 Å². The number of hydrogen-bond donors (Lipinski definition) is 1. The summed E-state index contributed by atoms with van der Waals surface area (Å²) in [7, 11) is 0. The van der Waals surface area contributed by atoms with Crippen LogP contribution < -0.4 is 5.32 Å². The summed E-state index contributed by atoms with van der Waals surface area (Å²) in [5.41, 5.74) is 1.76. The second-order valence-electron chi connectivity index (χ2n) is 5.01. The summed E-state index contributed by atoms with van der Waals surface area (Å²) < 4.78 is 0. The number of nitrogens with one attached hydrogen (secondary N) is 1. The van der Waals surface area contributed by atoms with E-state index >= 15 is 0 Å². The predicted molar refractivity (Wildman–Crippen MR) is 83.0 cm³/mol. The standard InChI is InChI=1S/C15H20ClNOS/c1-19-14-8-6-13(7-9-14)17-15(18)12-4-2-11(10-16)3-5-12/h2-5,13-14H,6-10H2,1H3,(H,17,18). The number of thioether (sulfide) groups is 1. The SMILES string of the molecule is CSC1CCC(NC(=O)c2ccc(CCl)cc2)CC1. The minimum Gasteiger partial charge on any atom is -0.349 e.